The van der Waals surface area contributed by atoms with Gasteiger partial charge in [0.05, 0.1) is 7.11 Å². The van der Waals surface area contributed by atoms with E-state index in [0.29, 0.717) is 6.42 Å². The summed E-state index contributed by atoms with van der Waals surface area (Å²) in [6, 6.07) is 0. The number of carbonyl (C=O) groups excluding carboxylic acids is 1. The van der Waals surface area contributed by atoms with Crippen LogP contribution in [0.25, 0.3) is 0 Å². The fraction of sp³-hybridized carbons (Fsp3) is 0.625. The second kappa shape index (κ2) is 4.13. The van der Waals surface area contributed by atoms with Gasteiger partial charge < -0.3 is 10.5 Å². The maximum absolute atomic E-state index is 11.0. The maximum Gasteiger partial charge on any atom is 0.325 e. The van der Waals surface area contributed by atoms with Crippen molar-refractivity contribution in [3.8, 4) is 0 Å². The van der Waals surface area contributed by atoms with Gasteiger partial charge in [-0.2, -0.15) is 0 Å². The molecule has 0 aliphatic rings. The molecule has 0 aromatic carbocycles. The van der Waals surface area contributed by atoms with Crippen molar-refractivity contribution in [2.45, 2.75) is 25.3 Å². The van der Waals surface area contributed by atoms with Gasteiger partial charge in [0.1, 0.15) is 5.54 Å². The Morgan fingerprint density at radius 3 is 2.73 bits per heavy atom. The number of allylic oxidation sites excluding steroid dienone is 1. The van der Waals surface area contributed by atoms with Crippen LogP contribution < -0.4 is 5.73 Å². The zero-order valence-electron chi connectivity index (χ0n) is 7.09. The molecule has 64 valence electrons. The van der Waals surface area contributed by atoms with Crippen molar-refractivity contribution in [2.24, 2.45) is 5.73 Å². The van der Waals surface area contributed by atoms with Gasteiger partial charge in [0.2, 0.25) is 0 Å². The lowest BCUT2D eigenvalue weighted by Gasteiger charge is -2.19. The second-order valence-corrected chi connectivity index (χ2v) is 2.74. The van der Waals surface area contributed by atoms with Crippen molar-refractivity contribution in [1.82, 2.24) is 0 Å². The van der Waals surface area contributed by atoms with E-state index < -0.39 is 5.54 Å². The average Bonchev–Trinajstić information content (AvgIpc) is 1.99. The number of hydrogen-bond acceptors (Lipinski definition) is 3. The molecular formula is C8H15NO2. The summed E-state index contributed by atoms with van der Waals surface area (Å²) < 4.78 is 4.51. The van der Waals surface area contributed by atoms with E-state index in [2.05, 4.69) is 11.3 Å². The number of nitrogens with two attached hydrogens (primary N) is 1. The Bertz CT molecular complexity index is 152. The quantitative estimate of drug-likeness (QED) is 0.486. The molecule has 0 fully saturated rings. The van der Waals surface area contributed by atoms with Crippen LogP contribution in [0.4, 0.5) is 0 Å². The first-order chi connectivity index (χ1) is 5.04. The van der Waals surface area contributed by atoms with E-state index in [1.54, 1.807) is 13.0 Å². The minimum absolute atomic E-state index is 0.376. The van der Waals surface area contributed by atoms with Gasteiger partial charge in [-0.15, -0.1) is 6.58 Å². The summed E-state index contributed by atoms with van der Waals surface area (Å²) in [4.78, 5) is 11.0. The van der Waals surface area contributed by atoms with E-state index in [1.807, 2.05) is 0 Å². The Balaban J connectivity index is 3.97. The molecule has 3 heteroatoms. The number of hydrogen-bond donors (Lipinski definition) is 1. The van der Waals surface area contributed by atoms with Gasteiger partial charge in [-0.25, -0.2) is 0 Å². The predicted molar refractivity (Wildman–Crippen MR) is 44.0 cm³/mol. The molecule has 0 aromatic rings. The first kappa shape index (κ1) is 10.2. The Kier molecular flexibility index (Phi) is 3.82. The van der Waals surface area contributed by atoms with Crippen molar-refractivity contribution in [3.63, 3.8) is 0 Å². The lowest BCUT2D eigenvalue weighted by Crippen LogP contribution is -2.45. The Morgan fingerprint density at radius 2 is 2.36 bits per heavy atom. The molecule has 0 aromatic heterocycles. The van der Waals surface area contributed by atoms with Crippen LogP contribution in [-0.4, -0.2) is 18.6 Å². The van der Waals surface area contributed by atoms with E-state index in [4.69, 9.17) is 5.73 Å². The van der Waals surface area contributed by atoms with Gasteiger partial charge in [-0.3, -0.25) is 4.79 Å². The first-order valence-corrected chi connectivity index (χ1v) is 3.53. The zero-order valence-corrected chi connectivity index (χ0v) is 7.09. The fourth-order valence-electron chi connectivity index (χ4n) is 0.737. The summed E-state index contributed by atoms with van der Waals surface area (Å²) in [5.74, 6) is -0.376. The highest BCUT2D eigenvalue weighted by molar-refractivity contribution is 5.79. The molecule has 11 heavy (non-hydrogen) atoms. The van der Waals surface area contributed by atoms with Gasteiger partial charge in [-0.1, -0.05) is 6.08 Å². The highest BCUT2D eigenvalue weighted by atomic mass is 16.5. The normalized spacial score (nSPS) is 15.2. The Morgan fingerprint density at radius 1 is 1.82 bits per heavy atom. The molecular weight excluding hydrogens is 142 g/mol. The van der Waals surface area contributed by atoms with Crippen LogP contribution in [0.2, 0.25) is 0 Å². The van der Waals surface area contributed by atoms with Crippen molar-refractivity contribution in [1.29, 1.82) is 0 Å². The minimum Gasteiger partial charge on any atom is -0.468 e. The average molecular weight is 157 g/mol. The third kappa shape index (κ3) is 3.18. The van der Waals surface area contributed by atoms with Crippen LogP contribution in [0.1, 0.15) is 19.8 Å². The van der Waals surface area contributed by atoms with Gasteiger partial charge >= 0.3 is 5.97 Å². The van der Waals surface area contributed by atoms with E-state index in [-0.39, 0.29) is 5.97 Å². The molecule has 2 N–H and O–H groups in total. The molecule has 0 spiro atoms. The number of carbonyl (C=O) groups is 1. The van der Waals surface area contributed by atoms with Crippen LogP contribution in [0, 0.1) is 0 Å². The summed E-state index contributed by atoms with van der Waals surface area (Å²) in [7, 11) is 1.33. The SMILES string of the molecule is C=CCCC(C)(N)C(=O)OC. The maximum atomic E-state index is 11.0. The van der Waals surface area contributed by atoms with Crippen LogP contribution in [0.5, 0.6) is 0 Å². The monoisotopic (exact) mass is 157 g/mol. The number of rotatable bonds is 4. The molecule has 0 saturated carbocycles. The first-order valence-electron chi connectivity index (χ1n) is 3.53. The third-order valence-corrected chi connectivity index (χ3v) is 1.52. The molecule has 0 radical (unpaired) electrons. The number of ether oxygens (including phenoxy) is 1. The minimum atomic E-state index is -0.872. The van der Waals surface area contributed by atoms with E-state index in [0.717, 1.165) is 6.42 Å². The van der Waals surface area contributed by atoms with Gasteiger partial charge in [0.15, 0.2) is 0 Å². The second-order valence-electron chi connectivity index (χ2n) is 2.74. The highest BCUT2D eigenvalue weighted by Gasteiger charge is 2.27. The van der Waals surface area contributed by atoms with Crippen molar-refractivity contribution in [3.05, 3.63) is 12.7 Å². The molecule has 0 aliphatic heterocycles. The topological polar surface area (TPSA) is 52.3 Å². The lowest BCUT2D eigenvalue weighted by atomic mass is 9.98. The molecule has 0 amide bonds. The molecule has 0 rings (SSSR count). The van der Waals surface area contributed by atoms with Crippen molar-refractivity contribution in [2.75, 3.05) is 7.11 Å². The Hall–Kier alpha value is -0.830. The predicted octanol–water partition coefficient (Wildman–Crippen LogP) is 0.843. The van der Waals surface area contributed by atoms with Crippen molar-refractivity contribution >= 4 is 5.97 Å². The third-order valence-electron chi connectivity index (χ3n) is 1.52. The zero-order chi connectivity index (χ0) is 8.91. The van der Waals surface area contributed by atoms with Crippen LogP contribution in [-0.2, 0) is 9.53 Å². The lowest BCUT2D eigenvalue weighted by molar-refractivity contribution is -0.146. The molecule has 1 unspecified atom stereocenters. The van der Waals surface area contributed by atoms with Gasteiger partial charge in [0.25, 0.3) is 0 Å². The largest absolute Gasteiger partial charge is 0.468 e. The van der Waals surface area contributed by atoms with E-state index >= 15 is 0 Å². The highest BCUT2D eigenvalue weighted by Crippen LogP contribution is 2.10. The number of esters is 1. The molecule has 0 heterocycles. The van der Waals surface area contributed by atoms with Gasteiger partial charge in [0, 0.05) is 0 Å². The molecule has 3 nitrogen and oxygen atoms in total. The standard InChI is InChI=1S/C8H15NO2/c1-4-5-6-8(2,9)7(10)11-3/h4H,1,5-6,9H2,2-3H3. The molecule has 0 saturated heterocycles. The summed E-state index contributed by atoms with van der Waals surface area (Å²) in [6.45, 7) is 5.20. The van der Waals surface area contributed by atoms with Crippen LogP contribution in [0.15, 0.2) is 12.7 Å². The smallest absolute Gasteiger partial charge is 0.325 e. The fourth-order valence-corrected chi connectivity index (χ4v) is 0.737. The molecule has 0 aliphatic carbocycles. The van der Waals surface area contributed by atoms with Crippen LogP contribution >= 0.6 is 0 Å². The Labute approximate surface area is 67.2 Å². The summed E-state index contributed by atoms with van der Waals surface area (Å²) in [5.41, 5.74) is 4.76. The van der Waals surface area contributed by atoms with E-state index in [1.165, 1.54) is 7.11 Å². The van der Waals surface area contributed by atoms with Crippen molar-refractivity contribution < 1.29 is 9.53 Å². The summed E-state index contributed by atoms with van der Waals surface area (Å²) in [5, 5.41) is 0. The molecule has 0 bridgehead atoms. The molecule has 1 atom stereocenters. The van der Waals surface area contributed by atoms with E-state index in [9.17, 15) is 4.79 Å². The van der Waals surface area contributed by atoms with Crippen LogP contribution in [0.3, 0.4) is 0 Å². The summed E-state index contributed by atoms with van der Waals surface area (Å²) in [6.07, 6.45) is 3.03. The summed E-state index contributed by atoms with van der Waals surface area (Å²) >= 11 is 0. The van der Waals surface area contributed by atoms with Gasteiger partial charge in [-0.05, 0) is 19.8 Å². The number of methoxy groups -OCH3 is 1.